The highest BCUT2D eigenvalue weighted by molar-refractivity contribution is 6.32. The van der Waals surface area contributed by atoms with Crippen LogP contribution in [0, 0.1) is 11.3 Å². The molecule has 2 amide bonds. The SMILES string of the molecule is COc1cc(NC(=O)CN(C(C)=O)c2cccc(C#N)c2)c(OC)cc1Cl. The smallest absolute Gasteiger partial charge is 0.244 e. The van der Waals surface area contributed by atoms with Crippen LogP contribution in [0.2, 0.25) is 5.02 Å². The number of nitrogens with one attached hydrogen (secondary N) is 1. The monoisotopic (exact) mass is 387 g/mol. The zero-order chi connectivity index (χ0) is 20.0. The molecule has 0 aliphatic rings. The van der Waals surface area contributed by atoms with Crippen LogP contribution in [-0.4, -0.2) is 32.6 Å². The van der Waals surface area contributed by atoms with Gasteiger partial charge in [-0.15, -0.1) is 0 Å². The molecule has 2 rings (SSSR count). The molecule has 0 spiro atoms. The standard InChI is InChI=1S/C19H18ClN3O4/c1-12(24)23(14-6-4-5-13(7-14)10-21)11-19(25)22-16-9-17(26-2)15(20)8-18(16)27-3/h4-9H,11H2,1-3H3,(H,22,25). The highest BCUT2D eigenvalue weighted by Crippen LogP contribution is 2.35. The molecule has 0 bridgehead atoms. The first kappa shape index (κ1) is 20.1. The van der Waals surface area contributed by atoms with E-state index < -0.39 is 5.91 Å². The van der Waals surface area contributed by atoms with Gasteiger partial charge in [-0.2, -0.15) is 5.26 Å². The fourth-order valence-corrected chi connectivity index (χ4v) is 2.65. The third-order valence-corrected chi connectivity index (χ3v) is 4.01. The molecular formula is C19H18ClN3O4. The number of hydrogen-bond donors (Lipinski definition) is 1. The van der Waals surface area contributed by atoms with E-state index in [0.717, 1.165) is 0 Å². The van der Waals surface area contributed by atoms with Crippen LogP contribution in [0.15, 0.2) is 36.4 Å². The average molecular weight is 388 g/mol. The first-order valence-electron chi connectivity index (χ1n) is 7.89. The van der Waals surface area contributed by atoms with E-state index in [1.165, 1.54) is 38.2 Å². The zero-order valence-corrected chi connectivity index (χ0v) is 15.8. The number of carbonyl (C=O) groups excluding carboxylic acids is 2. The van der Waals surface area contributed by atoms with E-state index >= 15 is 0 Å². The van der Waals surface area contributed by atoms with E-state index in [9.17, 15) is 9.59 Å². The van der Waals surface area contributed by atoms with Gasteiger partial charge < -0.3 is 19.7 Å². The van der Waals surface area contributed by atoms with Gasteiger partial charge in [0.05, 0.1) is 36.6 Å². The Balaban J connectivity index is 2.24. The van der Waals surface area contributed by atoms with Gasteiger partial charge in [0.1, 0.15) is 18.0 Å². The molecule has 0 aliphatic heterocycles. The number of ether oxygens (including phenoxy) is 2. The van der Waals surface area contributed by atoms with Crippen LogP contribution in [0.3, 0.4) is 0 Å². The molecule has 0 aromatic heterocycles. The Morgan fingerprint density at radius 1 is 1.19 bits per heavy atom. The summed E-state index contributed by atoms with van der Waals surface area (Å²) < 4.78 is 10.4. The highest BCUT2D eigenvalue weighted by atomic mass is 35.5. The molecule has 0 saturated heterocycles. The van der Waals surface area contributed by atoms with Gasteiger partial charge in [-0.1, -0.05) is 17.7 Å². The van der Waals surface area contributed by atoms with Crippen LogP contribution in [0.4, 0.5) is 11.4 Å². The lowest BCUT2D eigenvalue weighted by Gasteiger charge is -2.21. The first-order chi connectivity index (χ1) is 12.9. The molecule has 0 atom stereocenters. The largest absolute Gasteiger partial charge is 0.495 e. The normalized spacial score (nSPS) is 9.89. The number of methoxy groups -OCH3 is 2. The summed E-state index contributed by atoms with van der Waals surface area (Å²) in [5.41, 5.74) is 1.21. The maximum Gasteiger partial charge on any atom is 0.244 e. The first-order valence-corrected chi connectivity index (χ1v) is 8.27. The number of benzene rings is 2. The molecule has 0 unspecified atom stereocenters. The molecule has 1 N–H and O–H groups in total. The van der Waals surface area contributed by atoms with E-state index in [4.69, 9.17) is 26.3 Å². The second kappa shape index (κ2) is 8.92. The Morgan fingerprint density at radius 3 is 2.48 bits per heavy atom. The van der Waals surface area contributed by atoms with Crippen molar-refractivity contribution in [2.24, 2.45) is 0 Å². The number of nitriles is 1. The van der Waals surface area contributed by atoms with E-state index in [1.807, 2.05) is 6.07 Å². The molecule has 140 valence electrons. The number of carbonyl (C=O) groups is 2. The van der Waals surface area contributed by atoms with Crippen LogP contribution in [0.25, 0.3) is 0 Å². The Kier molecular flexibility index (Phi) is 6.63. The maximum absolute atomic E-state index is 12.5. The molecule has 0 fully saturated rings. The van der Waals surface area contributed by atoms with Crippen LogP contribution < -0.4 is 19.7 Å². The third-order valence-electron chi connectivity index (χ3n) is 3.72. The summed E-state index contributed by atoms with van der Waals surface area (Å²) in [5, 5.41) is 12.0. The van der Waals surface area contributed by atoms with E-state index in [2.05, 4.69) is 5.32 Å². The maximum atomic E-state index is 12.5. The molecule has 0 heterocycles. The van der Waals surface area contributed by atoms with E-state index in [1.54, 1.807) is 24.3 Å². The van der Waals surface area contributed by atoms with Gasteiger partial charge in [-0.05, 0) is 18.2 Å². The molecule has 7 nitrogen and oxygen atoms in total. The summed E-state index contributed by atoms with van der Waals surface area (Å²) in [7, 11) is 2.90. The Hall–Kier alpha value is -3.24. The molecular weight excluding hydrogens is 370 g/mol. The van der Waals surface area contributed by atoms with Crippen LogP contribution in [-0.2, 0) is 9.59 Å². The lowest BCUT2D eigenvalue weighted by atomic mass is 10.2. The fraction of sp³-hybridized carbons (Fsp3) is 0.211. The number of nitrogens with zero attached hydrogens (tertiary/aromatic N) is 2. The van der Waals surface area contributed by atoms with Gasteiger partial charge in [0.25, 0.3) is 0 Å². The number of rotatable bonds is 6. The summed E-state index contributed by atoms with van der Waals surface area (Å²) in [4.78, 5) is 25.8. The summed E-state index contributed by atoms with van der Waals surface area (Å²) in [6.07, 6.45) is 0. The lowest BCUT2D eigenvalue weighted by Crippen LogP contribution is -2.36. The highest BCUT2D eigenvalue weighted by Gasteiger charge is 2.18. The molecule has 0 aliphatic carbocycles. The molecule has 27 heavy (non-hydrogen) atoms. The second-order valence-corrected chi connectivity index (χ2v) is 5.91. The number of hydrogen-bond acceptors (Lipinski definition) is 5. The van der Waals surface area contributed by atoms with Crippen molar-refractivity contribution in [3.8, 4) is 17.6 Å². The van der Waals surface area contributed by atoms with Crippen molar-refractivity contribution in [1.82, 2.24) is 0 Å². The van der Waals surface area contributed by atoms with Gasteiger partial charge in [0.2, 0.25) is 11.8 Å². The molecule has 0 saturated carbocycles. The zero-order valence-electron chi connectivity index (χ0n) is 15.1. The van der Waals surface area contributed by atoms with Crippen LogP contribution in [0.1, 0.15) is 12.5 Å². The number of halogens is 1. The minimum absolute atomic E-state index is 0.238. The van der Waals surface area contributed by atoms with Crippen LogP contribution in [0.5, 0.6) is 11.5 Å². The van der Waals surface area contributed by atoms with Crippen molar-refractivity contribution in [2.75, 3.05) is 31.0 Å². The van der Waals surface area contributed by atoms with Crippen molar-refractivity contribution < 1.29 is 19.1 Å². The predicted molar refractivity (Wildman–Crippen MR) is 102 cm³/mol. The van der Waals surface area contributed by atoms with E-state index in [-0.39, 0.29) is 12.5 Å². The van der Waals surface area contributed by atoms with Gasteiger partial charge >= 0.3 is 0 Å². The topological polar surface area (TPSA) is 91.7 Å². The number of amides is 2. The van der Waals surface area contributed by atoms with Crippen molar-refractivity contribution in [3.63, 3.8) is 0 Å². The van der Waals surface area contributed by atoms with Crippen LogP contribution >= 0.6 is 11.6 Å². The molecule has 2 aromatic rings. The van der Waals surface area contributed by atoms with Gasteiger partial charge in [-0.3, -0.25) is 9.59 Å². The third kappa shape index (κ3) is 4.90. The molecule has 0 radical (unpaired) electrons. The molecule has 8 heteroatoms. The minimum atomic E-state index is -0.449. The summed E-state index contributed by atoms with van der Waals surface area (Å²) in [6, 6.07) is 11.5. The summed E-state index contributed by atoms with van der Waals surface area (Å²) in [6.45, 7) is 1.11. The predicted octanol–water partition coefficient (Wildman–Crippen LogP) is 3.22. The summed E-state index contributed by atoms with van der Waals surface area (Å²) in [5.74, 6) is -0.0518. The summed E-state index contributed by atoms with van der Waals surface area (Å²) >= 11 is 6.05. The quantitative estimate of drug-likeness (QED) is 0.821. The Bertz CT molecular complexity index is 908. The number of anilines is 2. The van der Waals surface area contributed by atoms with Gasteiger partial charge in [0.15, 0.2) is 0 Å². The minimum Gasteiger partial charge on any atom is -0.495 e. The molecule has 2 aromatic carbocycles. The second-order valence-electron chi connectivity index (χ2n) is 5.50. The Morgan fingerprint density at radius 2 is 1.89 bits per heavy atom. The average Bonchev–Trinajstić information content (AvgIpc) is 2.66. The van der Waals surface area contributed by atoms with Gasteiger partial charge in [-0.25, -0.2) is 0 Å². The lowest BCUT2D eigenvalue weighted by molar-refractivity contribution is -0.120. The van der Waals surface area contributed by atoms with Crippen molar-refractivity contribution in [1.29, 1.82) is 5.26 Å². The van der Waals surface area contributed by atoms with Crippen molar-refractivity contribution in [3.05, 3.63) is 47.0 Å². The van der Waals surface area contributed by atoms with E-state index in [0.29, 0.717) is 33.5 Å². The van der Waals surface area contributed by atoms with Gasteiger partial charge in [0, 0.05) is 24.7 Å². The fourth-order valence-electron chi connectivity index (χ4n) is 2.42. The van der Waals surface area contributed by atoms with Crippen molar-refractivity contribution in [2.45, 2.75) is 6.92 Å². The Labute approximate surface area is 162 Å². The van der Waals surface area contributed by atoms with Crippen molar-refractivity contribution >= 4 is 34.8 Å².